The molecule has 0 aromatic carbocycles. The Balaban J connectivity index is 2.41. The van der Waals surface area contributed by atoms with Gasteiger partial charge in [-0.2, -0.15) is 0 Å². The quantitative estimate of drug-likeness (QED) is 0.467. The fourth-order valence-corrected chi connectivity index (χ4v) is 0.927. The number of hydrogen-bond acceptors (Lipinski definition) is 2. The molecule has 1 saturated heterocycles. The largest absolute Gasteiger partial charge is 0.378 e. The molecule has 0 aromatic rings. The second kappa shape index (κ2) is 2.27. The molecule has 0 aromatic heterocycles. The van der Waals surface area contributed by atoms with Crippen LogP contribution in [0.5, 0.6) is 0 Å². The summed E-state index contributed by atoms with van der Waals surface area (Å²) >= 11 is 0. The first kappa shape index (κ1) is 5.76. The summed E-state index contributed by atoms with van der Waals surface area (Å²) < 4.78 is 5.13. The number of hydrogen-bond donors (Lipinski definition) is 0. The van der Waals surface area contributed by atoms with Crippen molar-refractivity contribution >= 4 is 6.29 Å². The van der Waals surface area contributed by atoms with Crippen molar-refractivity contribution in [3.05, 3.63) is 0 Å². The maximum absolute atomic E-state index is 10.1. The minimum atomic E-state index is 0.160. The highest BCUT2D eigenvalue weighted by atomic mass is 16.5. The number of carbonyl (C=O) groups is 1. The molecule has 1 rings (SSSR count). The van der Waals surface area contributed by atoms with Gasteiger partial charge in [0.25, 0.3) is 0 Å². The van der Waals surface area contributed by atoms with E-state index < -0.39 is 0 Å². The molecule has 0 saturated carbocycles. The van der Waals surface area contributed by atoms with E-state index in [1.54, 1.807) is 0 Å². The van der Waals surface area contributed by atoms with Gasteiger partial charge in [-0.15, -0.1) is 0 Å². The zero-order valence-electron chi connectivity index (χ0n) is 4.96. The topological polar surface area (TPSA) is 26.3 Å². The van der Waals surface area contributed by atoms with Gasteiger partial charge in [-0.3, -0.25) is 0 Å². The number of rotatable bonds is 1. The summed E-state index contributed by atoms with van der Waals surface area (Å²) in [5.41, 5.74) is 0. The molecule has 1 aliphatic heterocycles. The molecule has 1 heterocycles. The Bertz CT molecular complexity index is 90.5. The molecule has 0 spiro atoms. The van der Waals surface area contributed by atoms with Crippen molar-refractivity contribution in [2.75, 3.05) is 6.61 Å². The maximum atomic E-state index is 10.1. The van der Waals surface area contributed by atoms with Gasteiger partial charge in [0.15, 0.2) is 0 Å². The average Bonchev–Trinajstić information content (AvgIpc) is 2.14. The van der Waals surface area contributed by atoms with E-state index >= 15 is 0 Å². The van der Waals surface area contributed by atoms with Crippen molar-refractivity contribution in [3.8, 4) is 0 Å². The fraction of sp³-hybridized carbons (Fsp3) is 0.833. The molecule has 0 aliphatic carbocycles. The third-order valence-corrected chi connectivity index (χ3v) is 1.61. The van der Waals surface area contributed by atoms with Gasteiger partial charge in [-0.25, -0.2) is 0 Å². The maximum Gasteiger partial charge on any atom is 0.125 e. The molecule has 2 heteroatoms. The average molecular weight is 114 g/mol. The van der Waals surface area contributed by atoms with E-state index in [9.17, 15) is 4.79 Å². The predicted molar refractivity (Wildman–Crippen MR) is 29.6 cm³/mol. The summed E-state index contributed by atoms with van der Waals surface area (Å²) in [5, 5.41) is 0. The molecule has 0 unspecified atom stereocenters. The summed E-state index contributed by atoms with van der Waals surface area (Å²) in [4.78, 5) is 10.1. The number of carbonyl (C=O) groups excluding carboxylic acids is 1. The lowest BCUT2D eigenvalue weighted by Gasteiger charge is -2.03. The van der Waals surface area contributed by atoms with Gasteiger partial charge >= 0.3 is 0 Å². The van der Waals surface area contributed by atoms with Crippen LogP contribution in [0.4, 0.5) is 0 Å². The van der Waals surface area contributed by atoms with Gasteiger partial charge in [0, 0.05) is 12.5 Å². The second-order valence-electron chi connectivity index (χ2n) is 2.16. The van der Waals surface area contributed by atoms with Crippen molar-refractivity contribution in [3.63, 3.8) is 0 Å². The molecule has 0 amide bonds. The smallest absolute Gasteiger partial charge is 0.125 e. The van der Waals surface area contributed by atoms with Gasteiger partial charge in [-0.05, 0) is 13.3 Å². The van der Waals surface area contributed by atoms with Crippen LogP contribution >= 0.6 is 0 Å². The summed E-state index contributed by atoms with van der Waals surface area (Å²) in [6.07, 6.45) is 2.05. The van der Waals surface area contributed by atoms with E-state index in [4.69, 9.17) is 4.74 Å². The zero-order chi connectivity index (χ0) is 5.98. The first-order valence-electron chi connectivity index (χ1n) is 2.91. The van der Waals surface area contributed by atoms with E-state index in [2.05, 4.69) is 0 Å². The highest BCUT2D eigenvalue weighted by Crippen LogP contribution is 2.17. The Labute approximate surface area is 48.8 Å². The standard InChI is InChI=1S/C6H10O2/c1-5-6(4-7)2-3-8-5/h4-6H,2-3H2,1H3/t5-,6-/m0/s1. The summed E-state index contributed by atoms with van der Waals surface area (Å²) in [7, 11) is 0. The number of ether oxygens (including phenoxy) is 1. The van der Waals surface area contributed by atoms with Crippen LogP contribution in [0.25, 0.3) is 0 Å². The van der Waals surface area contributed by atoms with E-state index in [1.165, 1.54) is 0 Å². The predicted octanol–water partition coefficient (Wildman–Crippen LogP) is 0.610. The van der Waals surface area contributed by atoms with Crippen molar-refractivity contribution in [1.29, 1.82) is 0 Å². The molecular weight excluding hydrogens is 104 g/mol. The summed E-state index contributed by atoms with van der Waals surface area (Å²) in [6, 6.07) is 0. The van der Waals surface area contributed by atoms with E-state index in [-0.39, 0.29) is 12.0 Å². The minimum Gasteiger partial charge on any atom is -0.378 e. The van der Waals surface area contributed by atoms with Crippen molar-refractivity contribution in [1.82, 2.24) is 0 Å². The van der Waals surface area contributed by atoms with E-state index in [0.29, 0.717) is 0 Å². The van der Waals surface area contributed by atoms with Crippen LogP contribution in [0, 0.1) is 5.92 Å². The lowest BCUT2D eigenvalue weighted by Crippen LogP contribution is -2.11. The highest BCUT2D eigenvalue weighted by Gasteiger charge is 2.22. The Hall–Kier alpha value is -0.370. The van der Waals surface area contributed by atoms with E-state index in [1.807, 2.05) is 6.92 Å². The molecule has 0 N–H and O–H groups in total. The molecule has 1 fully saturated rings. The van der Waals surface area contributed by atoms with Crippen LogP contribution < -0.4 is 0 Å². The Morgan fingerprint density at radius 1 is 1.75 bits per heavy atom. The minimum absolute atomic E-state index is 0.160. The Morgan fingerprint density at radius 2 is 2.50 bits per heavy atom. The molecule has 2 atom stereocenters. The normalized spacial score (nSPS) is 37.6. The summed E-state index contributed by atoms with van der Waals surface area (Å²) in [6.45, 7) is 2.69. The van der Waals surface area contributed by atoms with Gasteiger partial charge in [0.1, 0.15) is 6.29 Å². The molecule has 2 nitrogen and oxygen atoms in total. The van der Waals surface area contributed by atoms with Gasteiger partial charge in [-0.1, -0.05) is 0 Å². The third-order valence-electron chi connectivity index (χ3n) is 1.61. The number of aldehydes is 1. The Kier molecular flexibility index (Phi) is 1.63. The Morgan fingerprint density at radius 3 is 2.75 bits per heavy atom. The lowest BCUT2D eigenvalue weighted by atomic mass is 10.1. The van der Waals surface area contributed by atoms with Crippen LogP contribution in [0.3, 0.4) is 0 Å². The molecule has 8 heavy (non-hydrogen) atoms. The fourth-order valence-electron chi connectivity index (χ4n) is 0.927. The van der Waals surface area contributed by atoms with E-state index in [0.717, 1.165) is 19.3 Å². The molecule has 46 valence electrons. The van der Waals surface area contributed by atoms with Crippen molar-refractivity contribution < 1.29 is 9.53 Å². The SMILES string of the molecule is C[C@@H]1OCC[C@H]1C=O. The van der Waals surface area contributed by atoms with Gasteiger partial charge in [0.2, 0.25) is 0 Å². The monoisotopic (exact) mass is 114 g/mol. The van der Waals surface area contributed by atoms with Crippen LogP contribution in [0.15, 0.2) is 0 Å². The molecule has 1 aliphatic rings. The first-order chi connectivity index (χ1) is 3.84. The summed E-state index contributed by atoms with van der Waals surface area (Å²) in [5.74, 6) is 0.162. The highest BCUT2D eigenvalue weighted by molar-refractivity contribution is 5.54. The molecule has 0 radical (unpaired) electrons. The first-order valence-corrected chi connectivity index (χ1v) is 2.91. The van der Waals surface area contributed by atoms with Crippen LogP contribution in [0.2, 0.25) is 0 Å². The zero-order valence-corrected chi connectivity index (χ0v) is 4.96. The van der Waals surface area contributed by atoms with Crippen LogP contribution in [-0.4, -0.2) is 19.0 Å². The van der Waals surface area contributed by atoms with Gasteiger partial charge < -0.3 is 9.53 Å². The molecular formula is C6H10O2. The second-order valence-corrected chi connectivity index (χ2v) is 2.16. The van der Waals surface area contributed by atoms with Crippen LogP contribution in [-0.2, 0) is 9.53 Å². The molecule has 0 bridgehead atoms. The van der Waals surface area contributed by atoms with Crippen molar-refractivity contribution in [2.24, 2.45) is 5.92 Å². The van der Waals surface area contributed by atoms with Gasteiger partial charge in [0.05, 0.1) is 6.10 Å². The lowest BCUT2D eigenvalue weighted by molar-refractivity contribution is -0.112. The third kappa shape index (κ3) is 0.892. The van der Waals surface area contributed by atoms with Crippen molar-refractivity contribution in [2.45, 2.75) is 19.4 Å². The van der Waals surface area contributed by atoms with Crippen LogP contribution in [0.1, 0.15) is 13.3 Å².